The molecule has 1 unspecified atom stereocenters. The van der Waals surface area contributed by atoms with Crippen molar-refractivity contribution in [2.75, 3.05) is 0 Å². The zero-order chi connectivity index (χ0) is 33.5. The third-order valence-electron chi connectivity index (χ3n) is 9.10. The van der Waals surface area contributed by atoms with Gasteiger partial charge in [0.05, 0.1) is 17.3 Å². The van der Waals surface area contributed by atoms with Crippen molar-refractivity contribution in [2.45, 2.75) is 58.3 Å². The monoisotopic (exact) mass is 627 g/mol. The molecule has 5 heteroatoms. The fraction of sp³-hybridized carbons (Fsp3) is 0.209. The largest absolute Gasteiger partial charge is 0.275 e. The number of rotatable bonds is 6. The standard InChI is InChI=1S/C43H41N5/c1-42(2,3)34-24-20-30(21-25-34)38-37(29-14-9-7-10-15-29)39(45-44-38)32-16-13-17-33(28-32)41-47-46-40(48(41)36-18-11-8-12-19-36)31-22-26-35(27-23-31)43(4,5)6/h7-28,37H,1-6H3. The van der Waals surface area contributed by atoms with Gasteiger partial charge < -0.3 is 0 Å². The first-order valence-corrected chi connectivity index (χ1v) is 16.6. The Kier molecular flexibility index (Phi) is 8.00. The molecule has 0 saturated carbocycles. The Hall–Kier alpha value is -5.42. The lowest BCUT2D eigenvalue weighted by Gasteiger charge is -2.21. The van der Waals surface area contributed by atoms with Crippen molar-refractivity contribution < 1.29 is 0 Å². The molecule has 5 aromatic carbocycles. The van der Waals surface area contributed by atoms with Crippen molar-refractivity contribution in [1.82, 2.24) is 14.8 Å². The van der Waals surface area contributed by atoms with E-state index in [9.17, 15) is 0 Å². The number of nitrogens with zero attached hydrogens (tertiary/aromatic N) is 5. The topological polar surface area (TPSA) is 55.4 Å². The summed E-state index contributed by atoms with van der Waals surface area (Å²) in [5.74, 6) is 1.46. The van der Waals surface area contributed by atoms with Gasteiger partial charge in [0.2, 0.25) is 0 Å². The maximum atomic E-state index is 4.85. The SMILES string of the molecule is CC(C)(C)c1ccc(C2=NN=C(c3cccc(-c4nnc(-c5ccc(C(C)(C)C)cc5)n4-c4ccccc4)c3)C2c2ccccc2)cc1. The van der Waals surface area contributed by atoms with E-state index in [1.165, 1.54) is 11.1 Å². The average molecular weight is 628 g/mol. The van der Waals surface area contributed by atoms with E-state index < -0.39 is 0 Å². The van der Waals surface area contributed by atoms with Crippen molar-refractivity contribution in [2.24, 2.45) is 10.2 Å². The van der Waals surface area contributed by atoms with Crippen LogP contribution in [0.15, 0.2) is 144 Å². The maximum Gasteiger partial charge on any atom is 0.168 e. The van der Waals surface area contributed by atoms with Gasteiger partial charge in [0.25, 0.3) is 0 Å². The van der Waals surface area contributed by atoms with Gasteiger partial charge in [0.1, 0.15) is 0 Å². The number of aromatic nitrogens is 3. The highest BCUT2D eigenvalue weighted by Crippen LogP contribution is 2.35. The fourth-order valence-corrected chi connectivity index (χ4v) is 6.32. The van der Waals surface area contributed by atoms with Crippen LogP contribution in [-0.2, 0) is 10.8 Å². The fourth-order valence-electron chi connectivity index (χ4n) is 6.32. The van der Waals surface area contributed by atoms with Gasteiger partial charge >= 0.3 is 0 Å². The third-order valence-corrected chi connectivity index (χ3v) is 9.10. The summed E-state index contributed by atoms with van der Waals surface area (Å²) < 4.78 is 2.15. The summed E-state index contributed by atoms with van der Waals surface area (Å²) in [6.45, 7) is 13.4. The minimum Gasteiger partial charge on any atom is -0.275 e. The van der Waals surface area contributed by atoms with Crippen LogP contribution < -0.4 is 0 Å². The first kappa shape index (κ1) is 31.2. The summed E-state index contributed by atoms with van der Waals surface area (Å²) >= 11 is 0. The predicted octanol–water partition coefficient (Wildman–Crippen LogP) is 10.2. The molecule has 1 atom stereocenters. The van der Waals surface area contributed by atoms with Crippen LogP contribution in [0.4, 0.5) is 0 Å². The molecular formula is C43H41N5. The molecule has 0 aliphatic carbocycles. The van der Waals surface area contributed by atoms with Gasteiger partial charge in [-0.15, -0.1) is 10.2 Å². The van der Waals surface area contributed by atoms with E-state index in [0.717, 1.165) is 56.6 Å². The van der Waals surface area contributed by atoms with Crippen molar-refractivity contribution >= 4 is 11.4 Å². The second-order valence-corrected chi connectivity index (χ2v) is 14.6. The van der Waals surface area contributed by atoms with E-state index >= 15 is 0 Å². The van der Waals surface area contributed by atoms with Crippen molar-refractivity contribution in [3.05, 3.63) is 161 Å². The molecule has 0 N–H and O–H groups in total. The molecule has 5 nitrogen and oxygen atoms in total. The number of benzene rings is 5. The molecule has 0 radical (unpaired) electrons. The lowest BCUT2D eigenvalue weighted by atomic mass is 9.82. The lowest BCUT2D eigenvalue weighted by Crippen LogP contribution is -2.20. The van der Waals surface area contributed by atoms with Crippen LogP contribution in [-0.4, -0.2) is 26.2 Å². The van der Waals surface area contributed by atoms with E-state index in [1.807, 2.05) is 18.2 Å². The zero-order valence-corrected chi connectivity index (χ0v) is 28.5. The van der Waals surface area contributed by atoms with Crippen LogP contribution >= 0.6 is 0 Å². The zero-order valence-electron chi connectivity index (χ0n) is 28.5. The molecule has 1 aliphatic rings. The molecule has 1 aliphatic heterocycles. The van der Waals surface area contributed by atoms with Crippen LogP contribution in [0.25, 0.3) is 28.5 Å². The molecule has 0 spiro atoms. The van der Waals surface area contributed by atoms with Crippen LogP contribution in [0.3, 0.4) is 0 Å². The second kappa shape index (κ2) is 12.3. The summed E-state index contributed by atoms with van der Waals surface area (Å²) in [6, 6.07) is 46.8. The van der Waals surface area contributed by atoms with Crippen molar-refractivity contribution in [3.63, 3.8) is 0 Å². The number of para-hydroxylation sites is 1. The van der Waals surface area contributed by atoms with Gasteiger partial charge in [-0.3, -0.25) is 4.57 Å². The van der Waals surface area contributed by atoms with Gasteiger partial charge in [-0.25, -0.2) is 0 Å². The molecule has 238 valence electrons. The van der Waals surface area contributed by atoms with Crippen molar-refractivity contribution in [1.29, 1.82) is 0 Å². The van der Waals surface area contributed by atoms with E-state index in [1.54, 1.807) is 0 Å². The Morgan fingerprint density at radius 2 is 0.938 bits per heavy atom. The highest BCUT2D eigenvalue weighted by Gasteiger charge is 2.32. The van der Waals surface area contributed by atoms with E-state index in [-0.39, 0.29) is 16.7 Å². The Morgan fingerprint density at radius 3 is 1.50 bits per heavy atom. The van der Waals surface area contributed by atoms with Crippen LogP contribution in [0.5, 0.6) is 0 Å². The van der Waals surface area contributed by atoms with Gasteiger partial charge in [-0.1, -0.05) is 157 Å². The normalized spacial score (nSPS) is 14.9. The van der Waals surface area contributed by atoms with Gasteiger partial charge in [0, 0.05) is 16.8 Å². The second-order valence-electron chi connectivity index (χ2n) is 14.6. The highest BCUT2D eigenvalue weighted by molar-refractivity contribution is 6.26. The van der Waals surface area contributed by atoms with Gasteiger partial charge in [-0.2, -0.15) is 10.2 Å². The van der Waals surface area contributed by atoms with Crippen molar-refractivity contribution in [3.8, 4) is 28.5 Å². The maximum absolute atomic E-state index is 4.85. The number of hydrogen-bond acceptors (Lipinski definition) is 4. The Balaban J connectivity index is 1.30. The molecule has 1 aromatic heterocycles. The summed E-state index contributed by atoms with van der Waals surface area (Å²) in [7, 11) is 0. The molecule has 0 bridgehead atoms. The summed E-state index contributed by atoms with van der Waals surface area (Å²) in [6.07, 6.45) is 0. The summed E-state index contributed by atoms with van der Waals surface area (Å²) in [5.41, 5.74) is 10.8. The molecule has 48 heavy (non-hydrogen) atoms. The van der Waals surface area contributed by atoms with E-state index in [0.29, 0.717) is 0 Å². The molecule has 0 saturated heterocycles. The quantitative estimate of drug-likeness (QED) is 0.185. The van der Waals surface area contributed by atoms with Gasteiger partial charge in [0.15, 0.2) is 11.6 Å². The Labute approximate surface area is 283 Å². The predicted molar refractivity (Wildman–Crippen MR) is 198 cm³/mol. The molecule has 0 amide bonds. The summed E-state index contributed by atoms with van der Waals surface area (Å²) in [4.78, 5) is 0. The van der Waals surface area contributed by atoms with Gasteiger partial charge in [-0.05, 0) is 56.8 Å². The average Bonchev–Trinajstić information content (AvgIpc) is 3.74. The Morgan fingerprint density at radius 1 is 0.458 bits per heavy atom. The first-order chi connectivity index (χ1) is 23.1. The number of hydrogen-bond donors (Lipinski definition) is 0. The van der Waals surface area contributed by atoms with Crippen LogP contribution in [0.1, 0.15) is 75.3 Å². The third kappa shape index (κ3) is 6.04. The molecule has 2 heterocycles. The minimum absolute atomic E-state index is 0.0667. The lowest BCUT2D eigenvalue weighted by molar-refractivity contribution is 0.590. The minimum atomic E-state index is -0.106. The first-order valence-electron chi connectivity index (χ1n) is 16.6. The molecule has 0 fully saturated rings. The smallest absolute Gasteiger partial charge is 0.168 e. The summed E-state index contributed by atoms with van der Waals surface area (Å²) in [5, 5.41) is 19.2. The highest BCUT2D eigenvalue weighted by atomic mass is 15.3. The van der Waals surface area contributed by atoms with Crippen LogP contribution in [0.2, 0.25) is 0 Å². The molecule has 7 rings (SSSR count). The van der Waals surface area contributed by atoms with Crippen LogP contribution in [0, 0.1) is 0 Å². The Bertz CT molecular complexity index is 2110. The molecular weight excluding hydrogens is 587 g/mol. The van der Waals surface area contributed by atoms with E-state index in [2.05, 4.69) is 161 Å². The molecule has 6 aromatic rings. The van der Waals surface area contributed by atoms with E-state index in [4.69, 9.17) is 20.4 Å².